The van der Waals surface area contributed by atoms with Crippen LogP contribution in [0.4, 0.5) is 17.5 Å². The molecule has 0 bridgehead atoms. The minimum absolute atomic E-state index is 0.169. The van der Waals surface area contributed by atoms with Crippen molar-refractivity contribution >= 4 is 28.4 Å². The molecule has 0 aliphatic rings. The Morgan fingerprint density at radius 2 is 1.77 bits per heavy atom. The summed E-state index contributed by atoms with van der Waals surface area (Å²) < 4.78 is 0. The van der Waals surface area contributed by atoms with E-state index in [2.05, 4.69) is 27.5 Å². The number of benzene rings is 2. The van der Waals surface area contributed by atoms with Gasteiger partial charge in [-0.2, -0.15) is 4.98 Å². The number of hydrogen-bond acceptors (Lipinski definition) is 5. The monoisotopic (exact) mass is 294 g/mol. The van der Waals surface area contributed by atoms with Gasteiger partial charge in [-0.15, -0.1) is 0 Å². The molecule has 3 N–H and O–H groups in total. The minimum atomic E-state index is 0.169. The number of aromatic nitrogens is 2. The van der Waals surface area contributed by atoms with E-state index >= 15 is 0 Å². The summed E-state index contributed by atoms with van der Waals surface area (Å²) in [6.07, 6.45) is 1.01. The summed E-state index contributed by atoms with van der Waals surface area (Å²) >= 11 is 0. The predicted octanol–water partition coefficient (Wildman–Crippen LogP) is 3.90. The summed E-state index contributed by atoms with van der Waals surface area (Å²) in [7, 11) is 0. The minimum Gasteiger partial charge on any atom is -0.506 e. The molecule has 1 heterocycles. The number of para-hydroxylation sites is 3. The Morgan fingerprint density at radius 3 is 2.59 bits per heavy atom. The first-order valence-electron chi connectivity index (χ1n) is 7.33. The fraction of sp³-hybridized carbons (Fsp3) is 0.176. The summed E-state index contributed by atoms with van der Waals surface area (Å²) in [5, 5.41) is 17.2. The lowest BCUT2D eigenvalue weighted by molar-refractivity contribution is 0.477. The van der Waals surface area contributed by atoms with Gasteiger partial charge in [0, 0.05) is 11.9 Å². The first kappa shape index (κ1) is 14.1. The van der Waals surface area contributed by atoms with Crippen molar-refractivity contribution in [2.24, 2.45) is 0 Å². The second-order valence-corrected chi connectivity index (χ2v) is 4.98. The molecule has 0 unspecified atom stereocenters. The maximum atomic E-state index is 9.86. The molecule has 1 aromatic heterocycles. The summed E-state index contributed by atoms with van der Waals surface area (Å²) in [4.78, 5) is 9.04. The summed E-state index contributed by atoms with van der Waals surface area (Å²) in [6.45, 7) is 2.95. The zero-order chi connectivity index (χ0) is 15.4. The SMILES string of the molecule is CCCNc1nc(Nc2ccccc2O)nc2ccccc12. The van der Waals surface area contributed by atoms with Gasteiger partial charge in [0.25, 0.3) is 0 Å². The van der Waals surface area contributed by atoms with Crippen LogP contribution in [0.2, 0.25) is 0 Å². The fourth-order valence-corrected chi connectivity index (χ4v) is 2.21. The normalized spacial score (nSPS) is 10.6. The second-order valence-electron chi connectivity index (χ2n) is 4.98. The Hall–Kier alpha value is -2.82. The maximum absolute atomic E-state index is 9.86. The Kier molecular flexibility index (Phi) is 4.05. The van der Waals surface area contributed by atoms with Crippen molar-refractivity contribution in [3.8, 4) is 5.75 Å². The van der Waals surface area contributed by atoms with Gasteiger partial charge in [0.05, 0.1) is 11.2 Å². The third kappa shape index (κ3) is 2.93. The van der Waals surface area contributed by atoms with E-state index in [1.54, 1.807) is 18.2 Å². The third-order valence-corrected chi connectivity index (χ3v) is 3.30. The number of anilines is 3. The predicted molar refractivity (Wildman–Crippen MR) is 89.7 cm³/mol. The molecule has 5 nitrogen and oxygen atoms in total. The van der Waals surface area contributed by atoms with Gasteiger partial charge < -0.3 is 15.7 Å². The molecule has 0 amide bonds. The van der Waals surface area contributed by atoms with Crippen LogP contribution in [0.3, 0.4) is 0 Å². The number of nitrogens with one attached hydrogen (secondary N) is 2. The highest BCUT2D eigenvalue weighted by molar-refractivity contribution is 5.90. The van der Waals surface area contributed by atoms with Gasteiger partial charge in [0.15, 0.2) is 0 Å². The van der Waals surface area contributed by atoms with Crippen LogP contribution >= 0.6 is 0 Å². The number of aromatic hydroxyl groups is 1. The molecule has 3 rings (SSSR count). The second kappa shape index (κ2) is 6.30. The molecule has 0 spiro atoms. The number of phenols is 1. The van der Waals surface area contributed by atoms with Crippen molar-refractivity contribution in [1.82, 2.24) is 9.97 Å². The lowest BCUT2D eigenvalue weighted by Gasteiger charge is -2.12. The van der Waals surface area contributed by atoms with E-state index in [1.807, 2.05) is 30.3 Å². The van der Waals surface area contributed by atoms with E-state index in [1.165, 1.54) is 0 Å². The van der Waals surface area contributed by atoms with Crippen molar-refractivity contribution in [1.29, 1.82) is 0 Å². The van der Waals surface area contributed by atoms with Gasteiger partial charge in [-0.25, -0.2) is 4.98 Å². The average molecular weight is 294 g/mol. The van der Waals surface area contributed by atoms with Crippen LogP contribution in [0.1, 0.15) is 13.3 Å². The van der Waals surface area contributed by atoms with Crippen molar-refractivity contribution in [3.63, 3.8) is 0 Å². The molecule has 0 radical (unpaired) electrons. The molecule has 3 aromatic rings. The van der Waals surface area contributed by atoms with E-state index in [4.69, 9.17) is 0 Å². The topological polar surface area (TPSA) is 70.1 Å². The van der Waals surface area contributed by atoms with Gasteiger partial charge >= 0.3 is 0 Å². The van der Waals surface area contributed by atoms with Gasteiger partial charge in [-0.3, -0.25) is 0 Å². The number of nitrogens with zero attached hydrogens (tertiary/aromatic N) is 2. The standard InChI is InChI=1S/C17H18N4O/c1-2-11-18-16-12-7-3-4-8-13(12)19-17(21-16)20-14-9-5-6-10-15(14)22/h3-10,22H,2,11H2,1H3,(H2,18,19,20,21). The Bertz CT molecular complexity index is 788. The van der Waals surface area contributed by atoms with Crippen LogP contribution in [0.25, 0.3) is 10.9 Å². The smallest absolute Gasteiger partial charge is 0.229 e. The lowest BCUT2D eigenvalue weighted by atomic mass is 10.2. The molecule has 2 aromatic carbocycles. The van der Waals surface area contributed by atoms with Crippen molar-refractivity contribution in [2.45, 2.75) is 13.3 Å². The van der Waals surface area contributed by atoms with Gasteiger partial charge in [0.1, 0.15) is 11.6 Å². The first-order valence-corrected chi connectivity index (χ1v) is 7.33. The van der Waals surface area contributed by atoms with Crippen molar-refractivity contribution < 1.29 is 5.11 Å². The third-order valence-electron chi connectivity index (χ3n) is 3.30. The van der Waals surface area contributed by atoms with Crippen LogP contribution in [0, 0.1) is 0 Å². The highest BCUT2D eigenvalue weighted by Crippen LogP contribution is 2.27. The average Bonchev–Trinajstić information content (AvgIpc) is 2.55. The summed E-state index contributed by atoms with van der Waals surface area (Å²) in [6, 6.07) is 14.9. The van der Waals surface area contributed by atoms with Gasteiger partial charge in [0.2, 0.25) is 5.95 Å². The van der Waals surface area contributed by atoms with Crippen LogP contribution in [-0.4, -0.2) is 21.6 Å². The Balaban J connectivity index is 2.01. The summed E-state index contributed by atoms with van der Waals surface area (Å²) in [5.74, 6) is 1.42. The molecule has 0 aliphatic carbocycles. The highest BCUT2D eigenvalue weighted by atomic mass is 16.3. The highest BCUT2D eigenvalue weighted by Gasteiger charge is 2.08. The van der Waals surface area contributed by atoms with E-state index in [9.17, 15) is 5.11 Å². The van der Waals surface area contributed by atoms with Crippen molar-refractivity contribution in [3.05, 3.63) is 48.5 Å². The molecule has 112 valence electrons. The first-order chi connectivity index (χ1) is 10.8. The molecule has 0 saturated heterocycles. The molecular weight excluding hydrogens is 276 g/mol. The molecule has 22 heavy (non-hydrogen) atoms. The van der Waals surface area contributed by atoms with Crippen LogP contribution in [0.15, 0.2) is 48.5 Å². The van der Waals surface area contributed by atoms with Crippen LogP contribution in [0.5, 0.6) is 5.75 Å². The van der Waals surface area contributed by atoms with Crippen LogP contribution in [-0.2, 0) is 0 Å². The summed E-state index contributed by atoms with van der Waals surface area (Å²) in [5.41, 5.74) is 1.44. The maximum Gasteiger partial charge on any atom is 0.229 e. The van der Waals surface area contributed by atoms with Crippen molar-refractivity contribution in [2.75, 3.05) is 17.2 Å². The molecule has 0 aliphatic heterocycles. The van der Waals surface area contributed by atoms with Gasteiger partial charge in [-0.1, -0.05) is 31.2 Å². The van der Waals surface area contributed by atoms with E-state index in [0.717, 1.165) is 29.7 Å². The van der Waals surface area contributed by atoms with E-state index in [-0.39, 0.29) is 5.75 Å². The molecule has 5 heteroatoms. The molecule has 0 saturated carbocycles. The Morgan fingerprint density at radius 1 is 1.00 bits per heavy atom. The number of phenolic OH excluding ortho intramolecular Hbond substituents is 1. The largest absolute Gasteiger partial charge is 0.506 e. The number of hydrogen-bond donors (Lipinski definition) is 3. The van der Waals surface area contributed by atoms with Crippen LogP contribution < -0.4 is 10.6 Å². The fourth-order valence-electron chi connectivity index (χ4n) is 2.21. The molecule has 0 atom stereocenters. The molecule has 0 fully saturated rings. The Labute approximate surface area is 129 Å². The van der Waals surface area contributed by atoms with Gasteiger partial charge in [-0.05, 0) is 30.7 Å². The number of rotatable bonds is 5. The lowest BCUT2D eigenvalue weighted by Crippen LogP contribution is -2.06. The van der Waals surface area contributed by atoms with E-state index in [0.29, 0.717) is 11.6 Å². The zero-order valence-corrected chi connectivity index (χ0v) is 12.4. The van der Waals surface area contributed by atoms with E-state index < -0.39 is 0 Å². The number of fused-ring (bicyclic) bond motifs is 1. The molecular formula is C17H18N4O. The zero-order valence-electron chi connectivity index (χ0n) is 12.4. The quantitative estimate of drug-likeness (QED) is 0.623.